The van der Waals surface area contributed by atoms with E-state index in [4.69, 9.17) is 5.10 Å². The first-order valence-corrected chi connectivity index (χ1v) is 9.69. The second-order valence-electron chi connectivity index (χ2n) is 7.37. The van der Waals surface area contributed by atoms with Gasteiger partial charge in [0.1, 0.15) is 0 Å². The van der Waals surface area contributed by atoms with E-state index < -0.39 is 0 Å². The average molecular weight is 363 g/mol. The number of carbonyl (C=O) groups excluding carboxylic acids is 1. The van der Waals surface area contributed by atoms with Gasteiger partial charge in [-0.1, -0.05) is 37.5 Å². The Morgan fingerprint density at radius 2 is 1.85 bits per heavy atom. The maximum atomic E-state index is 12.5. The van der Waals surface area contributed by atoms with Gasteiger partial charge < -0.3 is 5.32 Å². The van der Waals surface area contributed by atoms with Crippen LogP contribution in [0.25, 0.3) is 5.78 Å². The lowest BCUT2D eigenvalue weighted by Gasteiger charge is -2.17. The van der Waals surface area contributed by atoms with E-state index in [2.05, 4.69) is 15.3 Å². The molecule has 6 heteroatoms. The molecule has 4 rings (SSSR count). The highest BCUT2D eigenvalue weighted by Gasteiger charge is 2.22. The summed E-state index contributed by atoms with van der Waals surface area (Å²) in [5, 5.41) is 7.68. The van der Waals surface area contributed by atoms with Crippen molar-refractivity contribution in [1.82, 2.24) is 19.6 Å². The highest BCUT2D eigenvalue weighted by molar-refractivity contribution is 5.92. The Hall–Kier alpha value is -2.76. The van der Waals surface area contributed by atoms with Gasteiger partial charge in [-0.2, -0.15) is 4.98 Å². The van der Waals surface area contributed by atoms with Crippen LogP contribution in [-0.4, -0.2) is 25.5 Å². The van der Waals surface area contributed by atoms with E-state index in [9.17, 15) is 4.79 Å². The smallest absolute Gasteiger partial charge is 0.252 e. The predicted molar refractivity (Wildman–Crippen MR) is 105 cm³/mol. The minimum atomic E-state index is -0.0545. The molecule has 6 nitrogen and oxygen atoms in total. The van der Waals surface area contributed by atoms with Crippen LogP contribution in [0.3, 0.4) is 0 Å². The van der Waals surface area contributed by atoms with Crippen molar-refractivity contribution in [3.05, 3.63) is 53.1 Å². The summed E-state index contributed by atoms with van der Waals surface area (Å²) < 4.78 is 1.81. The molecule has 0 aliphatic heterocycles. The van der Waals surface area contributed by atoms with E-state index in [0.717, 1.165) is 41.3 Å². The van der Waals surface area contributed by atoms with E-state index in [1.807, 2.05) is 48.7 Å². The zero-order valence-corrected chi connectivity index (χ0v) is 15.9. The maximum absolute atomic E-state index is 12.5. The first-order valence-electron chi connectivity index (χ1n) is 9.69. The number of rotatable bonds is 4. The number of aryl methyl sites for hydroxylation is 2. The lowest BCUT2D eigenvalue weighted by molar-refractivity contribution is -0.115. The predicted octanol–water partition coefficient (Wildman–Crippen LogP) is 3.97. The van der Waals surface area contributed by atoms with Gasteiger partial charge in [-0.25, -0.2) is 9.50 Å². The molecular weight excluding hydrogens is 338 g/mol. The quantitative estimate of drug-likeness (QED) is 0.761. The Bertz CT molecular complexity index is 958. The van der Waals surface area contributed by atoms with Crippen molar-refractivity contribution in [2.75, 3.05) is 5.32 Å². The normalized spacial score (nSPS) is 15.2. The van der Waals surface area contributed by atoms with Crippen molar-refractivity contribution in [3.8, 4) is 0 Å². The number of amides is 1. The van der Waals surface area contributed by atoms with Crippen LogP contribution < -0.4 is 5.32 Å². The molecule has 0 unspecified atom stereocenters. The molecule has 0 spiro atoms. The Morgan fingerprint density at radius 1 is 1.11 bits per heavy atom. The molecule has 1 N–H and O–H groups in total. The van der Waals surface area contributed by atoms with Crippen LogP contribution in [0.15, 0.2) is 30.3 Å². The fourth-order valence-corrected chi connectivity index (χ4v) is 3.90. The molecule has 1 fully saturated rings. The van der Waals surface area contributed by atoms with Gasteiger partial charge in [0, 0.05) is 28.6 Å². The molecule has 2 heterocycles. The summed E-state index contributed by atoms with van der Waals surface area (Å²) in [5.41, 5.74) is 3.49. The lowest BCUT2D eigenvalue weighted by atomic mass is 9.89. The number of para-hydroxylation sites is 1. The molecule has 2 aromatic heterocycles. The Labute approximate surface area is 159 Å². The zero-order valence-electron chi connectivity index (χ0n) is 15.9. The lowest BCUT2D eigenvalue weighted by Crippen LogP contribution is -2.17. The topological polar surface area (TPSA) is 72.2 Å². The Balaban J connectivity index is 1.60. The number of hydrogen-bond donors (Lipinski definition) is 1. The maximum Gasteiger partial charge on any atom is 0.252 e. The van der Waals surface area contributed by atoms with Crippen LogP contribution in [-0.2, 0) is 11.2 Å². The summed E-state index contributed by atoms with van der Waals surface area (Å²) >= 11 is 0. The first kappa shape index (κ1) is 17.6. The van der Waals surface area contributed by atoms with E-state index in [1.165, 1.54) is 19.3 Å². The zero-order chi connectivity index (χ0) is 18.8. The number of nitrogens with zero attached hydrogens (tertiary/aromatic N) is 4. The van der Waals surface area contributed by atoms with Crippen LogP contribution >= 0.6 is 0 Å². The van der Waals surface area contributed by atoms with Gasteiger partial charge in [-0.3, -0.25) is 4.79 Å². The van der Waals surface area contributed by atoms with Crippen molar-refractivity contribution in [3.63, 3.8) is 0 Å². The van der Waals surface area contributed by atoms with E-state index in [1.54, 1.807) is 0 Å². The van der Waals surface area contributed by atoms with Crippen molar-refractivity contribution in [1.29, 1.82) is 0 Å². The van der Waals surface area contributed by atoms with Gasteiger partial charge >= 0.3 is 0 Å². The third kappa shape index (κ3) is 3.70. The molecule has 27 heavy (non-hydrogen) atoms. The molecule has 1 aliphatic carbocycles. The van der Waals surface area contributed by atoms with Gasteiger partial charge in [0.25, 0.3) is 5.78 Å². The largest absolute Gasteiger partial charge is 0.326 e. The summed E-state index contributed by atoms with van der Waals surface area (Å²) in [4.78, 5) is 21.8. The third-order valence-corrected chi connectivity index (χ3v) is 5.43. The van der Waals surface area contributed by atoms with Crippen molar-refractivity contribution < 1.29 is 4.79 Å². The summed E-state index contributed by atoms with van der Waals surface area (Å²) in [5.74, 6) is 1.92. The third-order valence-electron chi connectivity index (χ3n) is 5.43. The first-order chi connectivity index (χ1) is 13.1. The monoisotopic (exact) mass is 363 g/mol. The fraction of sp³-hybridized carbons (Fsp3) is 0.429. The van der Waals surface area contributed by atoms with Crippen LogP contribution in [0.5, 0.6) is 0 Å². The summed E-state index contributed by atoms with van der Waals surface area (Å²) in [6.07, 6.45) is 6.38. The molecule has 1 aliphatic rings. The second-order valence-corrected chi connectivity index (χ2v) is 7.37. The van der Waals surface area contributed by atoms with Gasteiger partial charge in [0.2, 0.25) is 5.91 Å². The molecule has 140 valence electrons. The van der Waals surface area contributed by atoms with Crippen LogP contribution in [0, 0.1) is 13.8 Å². The number of carbonyl (C=O) groups is 1. The molecule has 0 bridgehead atoms. The fourth-order valence-electron chi connectivity index (χ4n) is 3.90. The molecule has 1 amide bonds. The SMILES string of the molecule is Cc1nc2nc(C3CCCCC3)nn2c(C)c1CC(=O)Nc1ccccc1. The van der Waals surface area contributed by atoms with Gasteiger partial charge in [-0.15, -0.1) is 5.10 Å². The standard InChI is InChI=1S/C21H25N5O/c1-14-18(13-19(27)23-17-11-7-4-8-12-17)15(2)26-21(22-14)24-20(25-26)16-9-5-3-6-10-16/h4,7-8,11-12,16H,3,5-6,9-10,13H2,1-2H3,(H,23,27). The van der Waals surface area contributed by atoms with Crippen LogP contribution in [0.1, 0.15) is 60.8 Å². The highest BCUT2D eigenvalue weighted by Crippen LogP contribution is 2.31. The number of benzene rings is 1. The van der Waals surface area contributed by atoms with E-state index >= 15 is 0 Å². The van der Waals surface area contributed by atoms with E-state index in [-0.39, 0.29) is 12.3 Å². The Kier molecular flexibility index (Phi) is 4.88. The number of hydrogen-bond acceptors (Lipinski definition) is 4. The number of aromatic nitrogens is 4. The number of nitrogens with one attached hydrogen (secondary N) is 1. The highest BCUT2D eigenvalue weighted by atomic mass is 16.1. The molecule has 0 atom stereocenters. The average Bonchev–Trinajstić information content (AvgIpc) is 3.11. The number of anilines is 1. The molecule has 1 aromatic carbocycles. The summed E-state index contributed by atoms with van der Waals surface area (Å²) in [7, 11) is 0. The Morgan fingerprint density at radius 3 is 2.59 bits per heavy atom. The van der Waals surface area contributed by atoms with Gasteiger partial charge in [0.15, 0.2) is 5.82 Å². The number of fused-ring (bicyclic) bond motifs is 1. The molecule has 3 aromatic rings. The van der Waals surface area contributed by atoms with Crippen LogP contribution in [0.4, 0.5) is 5.69 Å². The van der Waals surface area contributed by atoms with E-state index in [0.29, 0.717) is 11.7 Å². The minimum absolute atomic E-state index is 0.0545. The molecule has 0 saturated heterocycles. The molecule has 0 radical (unpaired) electrons. The van der Waals surface area contributed by atoms with Crippen molar-refractivity contribution in [2.24, 2.45) is 0 Å². The van der Waals surface area contributed by atoms with Crippen molar-refractivity contribution in [2.45, 2.75) is 58.3 Å². The van der Waals surface area contributed by atoms with Gasteiger partial charge in [0.05, 0.1) is 6.42 Å². The van der Waals surface area contributed by atoms with Crippen LogP contribution in [0.2, 0.25) is 0 Å². The summed E-state index contributed by atoms with van der Waals surface area (Å²) in [6, 6.07) is 9.50. The summed E-state index contributed by atoms with van der Waals surface area (Å²) in [6.45, 7) is 3.93. The molecule has 1 saturated carbocycles. The van der Waals surface area contributed by atoms with Crippen molar-refractivity contribution >= 4 is 17.4 Å². The molecular formula is C21H25N5O. The van der Waals surface area contributed by atoms with Gasteiger partial charge in [-0.05, 0) is 38.8 Å². The minimum Gasteiger partial charge on any atom is -0.326 e. The second kappa shape index (κ2) is 7.47.